The van der Waals surface area contributed by atoms with E-state index in [1.807, 2.05) is 6.92 Å². The molecule has 4 nitrogen and oxygen atoms in total. The minimum absolute atomic E-state index is 0.0395. The first-order valence-corrected chi connectivity index (χ1v) is 6.11. The fourth-order valence-corrected chi connectivity index (χ4v) is 2.15. The number of thioether (sulfide) groups is 1. The highest BCUT2D eigenvalue weighted by molar-refractivity contribution is 7.99. The number of oxazole rings is 1. The van der Waals surface area contributed by atoms with E-state index in [1.165, 1.54) is 0 Å². The molecule has 0 amide bonds. The number of nitrogens with zero attached hydrogens (tertiary/aromatic N) is 1. The van der Waals surface area contributed by atoms with E-state index in [2.05, 4.69) is 4.98 Å². The molecule has 0 N–H and O–H groups in total. The molecule has 0 aromatic carbocycles. The Labute approximate surface area is 93.3 Å². The van der Waals surface area contributed by atoms with Gasteiger partial charge in [-0.25, -0.2) is 4.98 Å². The third kappa shape index (κ3) is 3.52. The first kappa shape index (κ1) is 11.0. The van der Waals surface area contributed by atoms with Crippen LogP contribution in [0.1, 0.15) is 18.5 Å². The number of hydrogen-bond acceptors (Lipinski definition) is 5. The Morgan fingerprint density at radius 2 is 2.27 bits per heavy atom. The summed E-state index contributed by atoms with van der Waals surface area (Å²) in [6.45, 7) is 3.54. The van der Waals surface area contributed by atoms with E-state index in [4.69, 9.17) is 13.9 Å². The van der Waals surface area contributed by atoms with Crippen LogP contribution in [0.3, 0.4) is 0 Å². The molecule has 0 atom stereocenters. The van der Waals surface area contributed by atoms with Crippen molar-refractivity contribution in [2.45, 2.75) is 31.3 Å². The molecule has 1 saturated heterocycles. The van der Waals surface area contributed by atoms with Gasteiger partial charge in [0.2, 0.25) is 0 Å². The molecule has 5 heteroatoms. The molecular formula is C10H15NO3S. The van der Waals surface area contributed by atoms with Crippen LogP contribution in [0.4, 0.5) is 0 Å². The Morgan fingerprint density at radius 3 is 2.93 bits per heavy atom. The predicted molar refractivity (Wildman–Crippen MR) is 56.9 cm³/mol. The monoisotopic (exact) mass is 229 g/mol. The van der Waals surface area contributed by atoms with Gasteiger partial charge in [0.05, 0.1) is 18.9 Å². The minimum Gasteiger partial charge on any atom is -0.440 e. The lowest BCUT2D eigenvalue weighted by Gasteiger charge is -2.22. The number of rotatable bonds is 4. The van der Waals surface area contributed by atoms with Gasteiger partial charge in [-0.05, 0) is 13.3 Å². The Bertz CT molecular complexity index is 297. The predicted octanol–water partition coefficient (Wildman–Crippen LogP) is 2.23. The average molecular weight is 229 g/mol. The van der Waals surface area contributed by atoms with Crippen LogP contribution < -0.4 is 0 Å². The lowest BCUT2D eigenvalue weighted by molar-refractivity contribution is -0.178. The van der Waals surface area contributed by atoms with Crippen LogP contribution in [-0.4, -0.2) is 30.2 Å². The largest absolute Gasteiger partial charge is 0.440 e. The zero-order valence-electron chi connectivity index (χ0n) is 8.77. The van der Waals surface area contributed by atoms with Crippen molar-refractivity contribution in [1.29, 1.82) is 0 Å². The van der Waals surface area contributed by atoms with Crippen LogP contribution in [0, 0.1) is 6.92 Å². The first-order valence-electron chi connectivity index (χ1n) is 5.13. The lowest BCUT2D eigenvalue weighted by Crippen LogP contribution is -2.25. The zero-order valence-corrected chi connectivity index (χ0v) is 9.59. The van der Waals surface area contributed by atoms with Gasteiger partial charge in [0, 0.05) is 12.2 Å². The summed E-state index contributed by atoms with van der Waals surface area (Å²) in [5.41, 5.74) is 0.919. The number of hydrogen-bond donors (Lipinski definition) is 0. The van der Waals surface area contributed by atoms with Crippen LogP contribution in [0.5, 0.6) is 0 Å². The van der Waals surface area contributed by atoms with E-state index >= 15 is 0 Å². The molecule has 0 aliphatic carbocycles. The van der Waals surface area contributed by atoms with Crippen LogP contribution in [-0.2, 0) is 9.47 Å². The molecule has 0 radical (unpaired) electrons. The Morgan fingerprint density at radius 1 is 1.47 bits per heavy atom. The summed E-state index contributed by atoms with van der Waals surface area (Å²) in [6, 6.07) is 0. The summed E-state index contributed by atoms with van der Waals surface area (Å²) < 4.78 is 16.1. The van der Waals surface area contributed by atoms with Crippen LogP contribution in [0.25, 0.3) is 0 Å². The van der Waals surface area contributed by atoms with E-state index in [9.17, 15) is 0 Å². The molecule has 15 heavy (non-hydrogen) atoms. The molecular weight excluding hydrogens is 214 g/mol. The summed E-state index contributed by atoms with van der Waals surface area (Å²) >= 11 is 1.60. The second-order valence-corrected chi connectivity index (χ2v) is 4.46. The smallest absolute Gasteiger partial charge is 0.255 e. The molecule has 1 fully saturated rings. The van der Waals surface area contributed by atoms with Crippen molar-refractivity contribution in [3.05, 3.63) is 12.0 Å². The molecule has 0 spiro atoms. The van der Waals surface area contributed by atoms with Gasteiger partial charge in [0.1, 0.15) is 6.26 Å². The maximum atomic E-state index is 5.43. The van der Waals surface area contributed by atoms with Crippen molar-refractivity contribution in [2.24, 2.45) is 0 Å². The van der Waals surface area contributed by atoms with E-state index in [1.54, 1.807) is 18.0 Å². The van der Waals surface area contributed by atoms with Crippen molar-refractivity contribution in [1.82, 2.24) is 4.98 Å². The van der Waals surface area contributed by atoms with Crippen molar-refractivity contribution in [3.8, 4) is 0 Å². The molecule has 1 aromatic heterocycles. The van der Waals surface area contributed by atoms with Crippen molar-refractivity contribution in [3.63, 3.8) is 0 Å². The maximum absolute atomic E-state index is 5.43. The van der Waals surface area contributed by atoms with Crippen molar-refractivity contribution < 1.29 is 13.9 Å². The van der Waals surface area contributed by atoms with E-state index in [-0.39, 0.29) is 6.29 Å². The molecule has 84 valence electrons. The Kier molecular flexibility index (Phi) is 4.05. The van der Waals surface area contributed by atoms with Crippen LogP contribution in [0.15, 0.2) is 15.9 Å². The molecule has 0 saturated carbocycles. The summed E-state index contributed by atoms with van der Waals surface area (Å²) in [4.78, 5) is 4.21. The second kappa shape index (κ2) is 5.53. The Balaban J connectivity index is 1.65. The van der Waals surface area contributed by atoms with E-state index in [0.717, 1.165) is 42.7 Å². The number of aryl methyl sites for hydroxylation is 1. The standard InChI is InChI=1S/C10H15NO3S/c1-8-7-14-10(11-8)15-6-3-9-12-4-2-5-13-9/h7,9H,2-6H2,1H3. The molecule has 2 rings (SSSR count). The zero-order chi connectivity index (χ0) is 10.5. The Hall–Kier alpha value is -0.520. The third-order valence-electron chi connectivity index (χ3n) is 2.07. The van der Waals surface area contributed by atoms with Crippen LogP contribution in [0.2, 0.25) is 0 Å². The van der Waals surface area contributed by atoms with Gasteiger partial charge in [0.25, 0.3) is 5.22 Å². The highest BCUT2D eigenvalue weighted by Gasteiger charge is 2.14. The maximum Gasteiger partial charge on any atom is 0.255 e. The topological polar surface area (TPSA) is 44.5 Å². The van der Waals surface area contributed by atoms with Gasteiger partial charge in [0.15, 0.2) is 6.29 Å². The van der Waals surface area contributed by atoms with Gasteiger partial charge in [-0.15, -0.1) is 0 Å². The van der Waals surface area contributed by atoms with Crippen molar-refractivity contribution in [2.75, 3.05) is 19.0 Å². The highest BCUT2D eigenvalue weighted by Crippen LogP contribution is 2.20. The van der Waals surface area contributed by atoms with Crippen molar-refractivity contribution >= 4 is 11.8 Å². The normalized spacial score (nSPS) is 18.2. The second-order valence-electron chi connectivity index (χ2n) is 3.42. The molecule has 0 unspecified atom stereocenters. The van der Waals surface area contributed by atoms with Gasteiger partial charge < -0.3 is 13.9 Å². The SMILES string of the molecule is Cc1coc(SCCC2OCCCO2)n1. The van der Waals surface area contributed by atoms with E-state index < -0.39 is 0 Å². The molecule has 2 heterocycles. The van der Waals surface area contributed by atoms with Gasteiger partial charge in [-0.1, -0.05) is 11.8 Å². The summed E-state index contributed by atoms with van der Waals surface area (Å²) in [7, 11) is 0. The van der Waals surface area contributed by atoms with Crippen LogP contribution >= 0.6 is 11.8 Å². The molecule has 1 aliphatic rings. The third-order valence-corrected chi connectivity index (χ3v) is 2.95. The van der Waals surface area contributed by atoms with Gasteiger partial charge in [-0.3, -0.25) is 0 Å². The van der Waals surface area contributed by atoms with E-state index in [0.29, 0.717) is 0 Å². The minimum atomic E-state index is -0.0395. The quantitative estimate of drug-likeness (QED) is 0.741. The fraction of sp³-hybridized carbons (Fsp3) is 0.700. The average Bonchev–Trinajstić information content (AvgIpc) is 2.66. The fourth-order valence-electron chi connectivity index (χ4n) is 1.34. The lowest BCUT2D eigenvalue weighted by atomic mass is 10.4. The number of aromatic nitrogens is 1. The first-order chi connectivity index (χ1) is 7.34. The summed E-state index contributed by atoms with van der Waals surface area (Å²) in [5.74, 6) is 0.907. The van der Waals surface area contributed by atoms with Gasteiger partial charge >= 0.3 is 0 Å². The van der Waals surface area contributed by atoms with Gasteiger partial charge in [-0.2, -0.15) is 0 Å². The molecule has 1 aromatic rings. The molecule has 0 bridgehead atoms. The highest BCUT2D eigenvalue weighted by atomic mass is 32.2. The number of ether oxygens (including phenoxy) is 2. The summed E-state index contributed by atoms with van der Waals surface area (Å²) in [6.07, 6.45) is 3.51. The summed E-state index contributed by atoms with van der Waals surface area (Å²) in [5, 5.41) is 0.725. The molecule has 1 aliphatic heterocycles.